The second kappa shape index (κ2) is 9.17. The second-order valence-electron chi connectivity index (χ2n) is 12.3. The van der Waals surface area contributed by atoms with Crippen LogP contribution < -0.4 is 0 Å². The molecule has 4 fully saturated rings. The summed E-state index contributed by atoms with van der Waals surface area (Å²) >= 11 is 0. The van der Waals surface area contributed by atoms with E-state index < -0.39 is 88.4 Å². The number of fused-ring (bicyclic) bond motifs is 3. The highest BCUT2D eigenvalue weighted by molar-refractivity contribution is 6.04. The molecule has 4 aliphatic rings. The molecule has 1 N–H and O–H groups in total. The third kappa shape index (κ3) is 3.89. The van der Waals surface area contributed by atoms with E-state index in [-0.39, 0.29) is 30.6 Å². The highest BCUT2D eigenvalue weighted by atomic mass is 16.6. The largest absolute Gasteiger partial charge is 0.462 e. The summed E-state index contributed by atoms with van der Waals surface area (Å²) in [7, 11) is 0. The Kier molecular flexibility index (Phi) is 6.82. The molecule has 10 heteroatoms. The Labute approximate surface area is 222 Å². The summed E-state index contributed by atoms with van der Waals surface area (Å²) in [5, 5.41) is 11.5. The average molecular weight is 535 g/mol. The number of carbonyl (C=O) groups excluding carboxylic acids is 5. The zero-order valence-electron chi connectivity index (χ0n) is 23.1. The summed E-state index contributed by atoms with van der Waals surface area (Å²) in [6.07, 6.45) is -4.31. The Hall–Kier alpha value is -2.75. The molecule has 0 aromatic rings. The number of carbonyl (C=O) groups is 5. The molecule has 0 aromatic heterocycles. The lowest BCUT2D eigenvalue weighted by Crippen LogP contribution is -2.74. The lowest BCUT2D eigenvalue weighted by molar-refractivity contribution is -0.289. The smallest absolute Gasteiger partial charge is 0.303 e. The minimum Gasteiger partial charge on any atom is -0.462 e. The van der Waals surface area contributed by atoms with Crippen molar-refractivity contribution in [1.29, 1.82) is 0 Å². The molecule has 4 unspecified atom stereocenters. The van der Waals surface area contributed by atoms with E-state index in [2.05, 4.69) is 6.58 Å². The van der Waals surface area contributed by atoms with Gasteiger partial charge in [0.2, 0.25) is 0 Å². The predicted molar refractivity (Wildman–Crippen MR) is 131 cm³/mol. The van der Waals surface area contributed by atoms with Gasteiger partial charge in [0.25, 0.3) is 0 Å². The molecule has 4 rings (SSSR count). The van der Waals surface area contributed by atoms with Gasteiger partial charge in [0.05, 0.1) is 11.5 Å². The van der Waals surface area contributed by atoms with E-state index in [0.29, 0.717) is 0 Å². The fourth-order valence-corrected chi connectivity index (χ4v) is 8.61. The van der Waals surface area contributed by atoms with E-state index in [1.807, 2.05) is 20.8 Å². The first-order chi connectivity index (χ1) is 17.5. The lowest BCUT2D eigenvalue weighted by Gasteiger charge is -2.68. The Balaban J connectivity index is 2.01. The van der Waals surface area contributed by atoms with E-state index in [0.717, 1.165) is 0 Å². The van der Waals surface area contributed by atoms with Crippen LogP contribution in [-0.4, -0.2) is 65.3 Å². The molecule has 0 aliphatic heterocycles. The monoisotopic (exact) mass is 534 g/mol. The van der Waals surface area contributed by atoms with Crippen molar-refractivity contribution in [3.63, 3.8) is 0 Å². The molecule has 10 atom stereocenters. The van der Waals surface area contributed by atoms with E-state index in [9.17, 15) is 29.1 Å². The number of ether oxygens (including phenoxy) is 4. The van der Waals surface area contributed by atoms with E-state index >= 15 is 0 Å². The third-order valence-electron chi connectivity index (χ3n) is 9.87. The van der Waals surface area contributed by atoms with Crippen molar-refractivity contribution in [2.45, 2.75) is 98.2 Å². The SMILES string of the molecule is C=C1C(=O)[C@@]23CC1C(O)[C@@H](OC(C)=O)[C@@H]2C1(C)C(OC(C)=O)C[C@@H](OC(C)=O)C(C)(C)[C@@H]1C[C@H]3OC(C)=O. The zero-order valence-corrected chi connectivity index (χ0v) is 23.1. The van der Waals surface area contributed by atoms with Crippen LogP contribution in [0, 0.1) is 34.0 Å². The van der Waals surface area contributed by atoms with E-state index in [1.165, 1.54) is 27.7 Å². The number of hydrogen-bond acceptors (Lipinski definition) is 10. The number of aliphatic hydroxyl groups is 1. The van der Waals surface area contributed by atoms with Crippen molar-refractivity contribution >= 4 is 29.7 Å². The maximum Gasteiger partial charge on any atom is 0.303 e. The van der Waals surface area contributed by atoms with Crippen molar-refractivity contribution in [2.24, 2.45) is 34.0 Å². The molecule has 10 nitrogen and oxygen atoms in total. The van der Waals surface area contributed by atoms with Gasteiger partial charge in [-0.2, -0.15) is 0 Å². The highest BCUT2D eigenvalue weighted by Crippen LogP contribution is 2.72. The molecule has 0 aromatic carbocycles. The van der Waals surface area contributed by atoms with Crippen molar-refractivity contribution in [3.8, 4) is 0 Å². The minimum atomic E-state index is -1.35. The van der Waals surface area contributed by atoms with Crippen LogP contribution in [0.5, 0.6) is 0 Å². The molecule has 1 spiro atoms. The van der Waals surface area contributed by atoms with Gasteiger partial charge in [-0.25, -0.2) is 0 Å². The Bertz CT molecular complexity index is 1090. The van der Waals surface area contributed by atoms with Gasteiger partial charge >= 0.3 is 23.9 Å². The average Bonchev–Trinajstić information content (AvgIpc) is 2.99. The van der Waals surface area contributed by atoms with Crippen molar-refractivity contribution in [3.05, 3.63) is 12.2 Å². The van der Waals surface area contributed by atoms with Crippen LogP contribution >= 0.6 is 0 Å². The standard InChI is InChI=1S/C28H38O10/c1-12-17-11-28(25(12)34)21(37-15(4)31)9-18-26(6,7)19(35-13(2)29)10-20(36-14(3)30)27(18,8)24(28)23(22(17)33)38-16(5)32/h17-24,33H,1,9-11H2,2-8H3/t17?,18-,19+,20?,21+,22?,23+,24+,27?,28+/m0/s1. The van der Waals surface area contributed by atoms with Crippen molar-refractivity contribution in [1.82, 2.24) is 0 Å². The van der Waals surface area contributed by atoms with Crippen molar-refractivity contribution in [2.75, 3.05) is 0 Å². The molecule has 0 saturated heterocycles. The summed E-state index contributed by atoms with van der Waals surface area (Å²) in [4.78, 5) is 63.2. The van der Waals surface area contributed by atoms with Gasteiger partial charge in [0.1, 0.15) is 24.4 Å². The summed E-state index contributed by atoms with van der Waals surface area (Å²) in [6, 6.07) is 0. The molecule has 0 heterocycles. The summed E-state index contributed by atoms with van der Waals surface area (Å²) in [6.45, 7) is 14.8. The molecular formula is C28H38O10. The van der Waals surface area contributed by atoms with Gasteiger partial charge in [-0.3, -0.25) is 24.0 Å². The van der Waals surface area contributed by atoms with Crippen LogP contribution in [0.2, 0.25) is 0 Å². The number of ketones is 1. The minimum absolute atomic E-state index is 0.144. The fourth-order valence-electron chi connectivity index (χ4n) is 8.61. The molecular weight excluding hydrogens is 496 g/mol. The Morgan fingerprint density at radius 1 is 0.816 bits per heavy atom. The first kappa shape index (κ1) is 28.3. The van der Waals surface area contributed by atoms with Crippen LogP contribution in [0.15, 0.2) is 12.2 Å². The summed E-state index contributed by atoms with van der Waals surface area (Å²) in [5.41, 5.74) is -2.93. The topological polar surface area (TPSA) is 143 Å². The first-order valence-electron chi connectivity index (χ1n) is 13.1. The van der Waals surface area contributed by atoms with Crippen LogP contribution in [-0.2, 0) is 42.9 Å². The number of aliphatic hydroxyl groups excluding tert-OH is 1. The third-order valence-corrected chi connectivity index (χ3v) is 9.87. The van der Waals surface area contributed by atoms with Gasteiger partial charge in [-0.15, -0.1) is 0 Å². The van der Waals surface area contributed by atoms with Crippen LogP contribution in [0.4, 0.5) is 0 Å². The van der Waals surface area contributed by atoms with E-state index in [1.54, 1.807) is 0 Å². The summed E-state index contributed by atoms with van der Waals surface area (Å²) in [5.74, 6) is -4.63. The van der Waals surface area contributed by atoms with Gasteiger partial charge < -0.3 is 24.1 Å². The molecule has 4 aliphatic carbocycles. The van der Waals surface area contributed by atoms with Crippen LogP contribution in [0.25, 0.3) is 0 Å². The highest BCUT2D eigenvalue weighted by Gasteiger charge is 2.78. The van der Waals surface area contributed by atoms with Gasteiger partial charge in [-0.1, -0.05) is 27.4 Å². The van der Waals surface area contributed by atoms with Crippen LogP contribution in [0.1, 0.15) is 67.7 Å². The molecule has 2 bridgehead atoms. The molecule has 0 radical (unpaired) electrons. The molecule has 210 valence electrons. The number of rotatable bonds is 4. The Morgan fingerprint density at radius 2 is 1.32 bits per heavy atom. The second-order valence-corrected chi connectivity index (χ2v) is 12.3. The predicted octanol–water partition coefficient (Wildman–Crippen LogP) is 2.29. The van der Waals surface area contributed by atoms with E-state index in [4.69, 9.17) is 18.9 Å². The fraction of sp³-hybridized carbons (Fsp3) is 0.750. The molecule has 38 heavy (non-hydrogen) atoms. The maximum atomic E-state index is 14.1. The summed E-state index contributed by atoms with van der Waals surface area (Å²) < 4.78 is 23.3. The molecule has 0 amide bonds. The van der Waals surface area contributed by atoms with Gasteiger partial charge in [0.15, 0.2) is 5.78 Å². The normalized spacial score (nSPS) is 42.8. The first-order valence-corrected chi connectivity index (χ1v) is 13.1. The lowest BCUT2D eigenvalue weighted by atomic mass is 9.38. The van der Waals surface area contributed by atoms with Gasteiger partial charge in [-0.05, 0) is 24.3 Å². The quantitative estimate of drug-likeness (QED) is 0.324. The number of Topliss-reactive ketones (excluding diaryl/α,β-unsaturated/α-hetero) is 1. The van der Waals surface area contributed by atoms with Gasteiger partial charge in [0, 0.05) is 56.8 Å². The van der Waals surface area contributed by atoms with Crippen molar-refractivity contribution < 1.29 is 48.0 Å². The maximum absolute atomic E-state index is 14.1. The number of esters is 4. The Morgan fingerprint density at radius 3 is 1.84 bits per heavy atom. The zero-order chi connectivity index (χ0) is 28.5. The number of hydrogen-bond donors (Lipinski definition) is 1. The molecule has 4 saturated carbocycles. The van der Waals surface area contributed by atoms with Crippen LogP contribution in [0.3, 0.4) is 0 Å².